The quantitative estimate of drug-likeness (QED) is 0.548. The number of aryl methyl sites for hydroxylation is 1. The standard InChI is InChI=1S/C19H15ClN4O3/c20-14-3-4-15-12(9-14)1-5-16(15)22-19(25)13-2-6-17(18(10-13)24(26)27)23-8-7-21-11-23/h2-4,6-11,16H,1,5H2,(H,22,25). The number of hydrogen-bond acceptors (Lipinski definition) is 4. The molecular weight excluding hydrogens is 368 g/mol. The molecule has 4 rings (SSSR count). The van der Waals surface area contributed by atoms with Crippen LogP contribution in [0.3, 0.4) is 0 Å². The van der Waals surface area contributed by atoms with Gasteiger partial charge in [0.1, 0.15) is 5.69 Å². The van der Waals surface area contributed by atoms with Crippen LogP contribution in [-0.4, -0.2) is 20.4 Å². The molecule has 1 heterocycles. The van der Waals surface area contributed by atoms with Crippen molar-refractivity contribution >= 4 is 23.2 Å². The number of aromatic nitrogens is 2. The van der Waals surface area contributed by atoms with Crippen LogP contribution in [0.5, 0.6) is 0 Å². The van der Waals surface area contributed by atoms with Crippen molar-refractivity contribution in [2.75, 3.05) is 0 Å². The van der Waals surface area contributed by atoms with Gasteiger partial charge in [-0.3, -0.25) is 14.9 Å². The maximum Gasteiger partial charge on any atom is 0.294 e. The van der Waals surface area contributed by atoms with Gasteiger partial charge in [0.05, 0.1) is 17.3 Å². The molecule has 1 aromatic heterocycles. The third-order valence-electron chi connectivity index (χ3n) is 4.70. The summed E-state index contributed by atoms with van der Waals surface area (Å²) in [6.45, 7) is 0. The van der Waals surface area contributed by atoms with E-state index >= 15 is 0 Å². The number of nitro groups is 1. The minimum Gasteiger partial charge on any atom is -0.345 e. The van der Waals surface area contributed by atoms with Gasteiger partial charge in [0, 0.05) is 29.0 Å². The molecule has 1 atom stereocenters. The molecule has 1 aliphatic rings. The van der Waals surface area contributed by atoms with Crippen LogP contribution >= 0.6 is 11.6 Å². The number of imidazole rings is 1. The van der Waals surface area contributed by atoms with Crippen molar-refractivity contribution in [2.24, 2.45) is 0 Å². The molecule has 8 heteroatoms. The zero-order valence-corrected chi connectivity index (χ0v) is 14.9. The highest BCUT2D eigenvalue weighted by atomic mass is 35.5. The Morgan fingerprint density at radius 2 is 2.15 bits per heavy atom. The molecule has 1 N–H and O–H groups in total. The number of nitrogens with zero attached hydrogens (tertiary/aromatic N) is 3. The van der Waals surface area contributed by atoms with Crippen LogP contribution in [0.1, 0.15) is 33.9 Å². The molecule has 0 spiro atoms. The van der Waals surface area contributed by atoms with E-state index in [9.17, 15) is 14.9 Å². The van der Waals surface area contributed by atoms with Gasteiger partial charge in [-0.2, -0.15) is 0 Å². The smallest absolute Gasteiger partial charge is 0.294 e. The Morgan fingerprint density at radius 1 is 1.30 bits per heavy atom. The minimum atomic E-state index is -0.501. The highest BCUT2D eigenvalue weighted by Gasteiger charge is 2.25. The number of fused-ring (bicyclic) bond motifs is 1. The molecule has 0 bridgehead atoms. The molecular formula is C19H15ClN4O3. The maximum atomic E-state index is 12.7. The Kier molecular flexibility index (Phi) is 4.37. The molecule has 1 unspecified atom stereocenters. The summed E-state index contributed by atoms with van der Waals surface area (Å²) in [6.07, 6.45) is 6.23. The first-order valence-electron chi connectivity index (χ1n) is 8.39. The fourth-order valence-corrected chi connectivity index (χ4v) is 3.60. The molecule has 27 heavy (non-hydrogen) atoms. The van der Waals surface area contributed by atoms with Crippen molar-refractivity contribution in [3.8, 4) is 5.69 Å². The fraction of sp³-hybridized carbons (Fsp3) is 0.158. The van der Waals surface area contributed by atoms with Crippen LogP contribution in [-0.2, 0) is 6.42 Å². The lowest BCUT2D eigenvalue weighted by Gasteiger charge is -2.14. The van der Waals surface area contributed by atoms with Gasteiger partial charge in [0.2, 0.25) is 0 Å². The van der Waals surface area contributed by atoms with Gasteiger partial charge >= 0.3 is 0 Å². The average Bonchev–Trinajstić information content (AvgIpc) is 3.31. The number of hydrogen-bond donors (Lipinski definition) is 1. The lowest BCUT2D eigenvalue weighted by Crippen LogP contribution is -2.27. The van der Waals surface area contributed by atoms with Crippen LogP contribution in [0, 0.1) is 10.1 Å². The lowest BCUT2D eigenvalue weighted by molar-refractivity contribution is -0.384. The van der Waals surface area contributed by atoms with E-state index in [1.54, 1.807) is 24.4 Å². The number of halogens is 1. The molecule has 2 aromatic carbocycles. The second kappa shape index (κ2) is 6.85. The number of amides is 1. The Labute approximate surface area is 159 Å². The van der Waals surface area contributed by atoms with Gasteiger partial charge < -0.3 is 9.88 Å². The van der Waals surface area contributed by atoms with Gasteiger partial charge in [-0.15, -0.1) is 0 Å². The number of benzene rings is 2. The molecule has 3 aromatic rings. The fourth-order valence-electron chi connectivity index (χ4n) is 3.41. The van der Waals surface area contributed by atoms with Crippen LogP contribution in [0.25, 0.3) is 5.69 Å². The summed E-state index contributed by atoms with van der Waals surface area (Å²) in [4.78, 5) is 27.5. The second-order valence-electron chi connectivity index (χ2n) is 6.34. The average molecular weight is 383 g/mol. The third-order valence-corrected chi connectivity index (χ3v) is 4.94. The minimum absolute atomic E-state index is 0.128. The number of rotatable bonds is 4. The van der Waals surface area contributed by atoms with Crippen LogP contribution in [0.2, 0.25) is 5.02 Å². The van der Waals surface area contributed by atoms with Gasteiger partial charge in [-0.1, -0.05) is 17.7 Å². The van der Waals surface area contributed by atoms with E-state index in [-0.39, 0.29) is 23.2 Å². The van der Waals surface area contributed by atoms with E-state index in [1.165, 1.54) is 23.2 Å². The van der Waals surface area contributed by atoms with Crippen molar-refractivity contribution < 1.29 is 9.72 Å². The molecule has 0 fully saturated rings. The predicted molar refractivity (Wildman–Crippen MR) is 100 cm³/mol. The van der Waals surface area contributed by atoms with E-state index in [4.69, 9.17) is 11.6 Å². The first kappa shape index (κ1) is 17.2. The van der Waals surface area contributed by atoms with Crippen molar-refractivity contribution in [2.45, 2.75) is 18.9 Å². The van der Waals surface area contributed by atoms with E-state index in [2.05, 4.69) is 10.3 Å². The zero-order chi connectivity index (χ0) is 19.0. The number of nitro benzene ring substituents is 1. The normalized spacial score (nSPS) is 15.4. The Balaban J connectivity index is 1.60. The van der Waals surface area contributed by atoms with E-state index < -0.39 is 4.92 Å². The molecule has 0 saturated heterocycles. The number of carbonyl (C=O) groups is 1. The first-order chi connectivity index (χ1) is 13.0. The lowest BCUT2D eigenvalue weighted by atomic mass is 10.1. The van der Waals surface area contributed by atoms with Gasteiger partial charge in [0.25, 0.3) is 11.6 Å². The number of nitrogens with one attached hydrogen (secondary N) is 1. The summed E-state index contributed by atoms with van der Waals surface area (Å²) in [5.41, 5.74) is 2.61. The Morgan fingerprint density at radius 3 is 2.89 bits per heavy atom. The Bertz CT molecular complexity index is 1030. The molecule has 1 aliphatic carbocycles. The van der Waals surface area contributed by atoms with Crippen LogP contribution in [0.15, 0.2) is 55.1 Å². The van der Waals surface area contributed by atoms with Crippen molar-refractivity contribution in [3.63, 3.8) is 0 Å². The van der Waals surface area contributed by atoms with Crippen molar-refractivity contribution in [1.29, 1.82) is 0 Å². The largest absolute Gasteiger partial charge is 0.345 e. The third kappa shape index (κ3) is 3.29. The summed E-state index contributed by atoms with van der Waals surface area (Å²) in [7, 11) is 0. The predicted octanol–water partition coefficient (Wildman–Crippen LogP) is 3.85. The van der Waals surface area contributed by atoms with Crippen molar-refractivity contribution in [1.82, 2.24) is 14.9 Å². The van der Waals surface area contributed by atoms with Crippen LogP contribution in [0.4, 0.5) is 5.69 Å². The van der Waals surface area contributed by atoms with Gasteiger partial charge in [-0.05, 0) is 48.2 Å². The molecule has 1 amide bonds. The Hall–Kier alpha value is -3.19. The first-order valence-corrected chi connectivity index (χ1v) is 8.76. The maximum absolute atomic E-state index is 12.7. The van der Waals surface area contributed by atoms with Crippen LogP contribution < -0.4 is 5.32 Å². The summed E-state index contributed by atoms with van der Waals surface area (Å²) >= 11 is 6.02. The highest BCUT2D eigenvalue weighted by molar-refractivity contribution is 6.30. The van der Waals surface area contributed by atoms with Crippen molar-refractivity contribution in [3.05, 3.63) is 86.9 Å². The van der Waals surface area contributed by atoms with Gasteiger partial charge in [-0.25, -0.2) is 4.98 Å². The molecule has 0 saturated carbocycles. The molecule has 0 radical (unpaired) electrons. The van der Waals surface area contributed by atoms with E-state index in [1.807, 2.05) is 12.1 Å². The second-order valence-corrected chi connectivity index (χ2v) is 6.77. The summed E-state index contributed by atoms with van der Waals surface area (Å²) in [5.74, 6) is -0.344. The summed E-state index contributed by atoms with van der Waals surface area (Å²) in [6, 6.07) is 9.93. The SMILES string of the molecule is O=C(NC1CCc2cc(Cl)ccc21)c1ccc(-n2ccnc2)c([N+](=O)[O-])c1. The summed E-state index contributed by atoms with van der Waals surface area (Å²) in [5, 5.41) is 15.1. The topological polar surface area (TPSA) is 90.1 Å². The van der Waals surface area contributed by atoms with Gasteiger partial charge in [0.15, 0.2) is 0 Å². The molecule has 7 nitrogen and oxygen atoms in total. The molecule has 0 aliphatic heterocycles. The molecule has 136 valence electrons. The number of carbonyl (C=O) groups excluding carboxylic acids is 1. The summed E-state index contributed by atoms with van der Waals surface area (Å²) < 4.78 is 1.54. The monoisotopic (exact) mass is 382 g/mol. The zero-order valence-electron chi connectivity index (χ0n) is 14.1. The van der Waals surface area contributed by atoms with E-state index in [0.29, 0.717) is 10.7 Å². The van der Waals surface area contributed by atoms with E-state index in [0.717, 1.165) is 24.0 Å². The highest BCUT2D eigenvalue weighted by Crippen LogP contribution is 2.33.